The predicted molar refractivity (Wildman–Crippen MR) is 106 cm³/mol. The Bertz CT molecular complexity index is 1210. The summed E-state index contributed by atoms with van der Waals surface area (Å²) in [4.78, 5) is 49.3. The van der Waals surface area contributed by atoms with Gasteiger partial charge in [0.05, 0.1) is 11.5 Å². The molecule has 0 fully saturated rings. The quantitative estimate of drug-likeness (QED) is 0.213. The number of hydrogen-bond acceptors (Lipinski definition) is 5. The number of Topliss-reactive ketones (excluding diaryl/α,β-unsaturated/α-hetero) is 1. The first-order valence-corrected chi connectivity index (χ1v) is 9.51. The lowest BCUT2D eigenvalue weighted by atomic mass is 9.90. The number of aryl methyl sites for hydroxylation is 1. The molecule has 1 aliphatic carbocycles. The summed E-state index contributed by atoms with van der Waals surface area (Å²) >= 11 is 0. The lowest BCUT2D eigenvalue weighted by molar-refractivity contribution is -0.684. The van der Waals surface area contributed by atoms with Gasteiger partial charge in [0.2, 0.25) is 35.1 Å². The molecule has 0 spiro atoms. The number of nitrogens with zero attached hydrogens (tertiary/aromatic N) is 3. The van der Waals surface area contributed by atoms with E-state index in [0.29, 0.717) is 23.2 Å². The summed E-state index contributed by atoms with van der Waals surface area (Å²) < 4.78 is 3.22. The number of aromatic nitrogens is 2. The topological polar surface area (TPSA) is 103 Å². The van der Waals surface area contributed by atoms with Gasteiger partial charge in [0.25, 0.3) is 5.69 Å². The number of fused-ring (bicyclic) bond motifs is 2. The molecule has 0 unspecified atom stereocenters. The number of imidazole rings is 1. The average molecular weight is 404 g/mol. The number of nitro groups is 1. The minimum absolute atomic E-state index is 0.108. The molecule has 8 heteroatoms. The van der Waals surface area contributed by atoms with E-state index in [1.807, 2.05) is 6.92 Å². The van der Waals surface area contributed by atoms with Crippen molar-refractivity contribution in [3.05, 3.63) is 93.1 Å². The molecule has 1 aromatic heterocycles. The number of benzene rings is 2. The summed E-state index contributed by atoms with van der Waals surface area (Å²) in [5.41, 5.74) is 1.35. The Balaban J connectivity index is 1.74. The van der Waals surface area contributed by atoms with Gasteiger partial charge in [-0.15, -0.1) is 0 Å². The van der Waals surface area contributed by atoms with Crippen LogP contribution in [0, 0.1) is 10.1 Å². The zero-order chi connectivity index (χ0) is 21.4. The molecule has 0 amide bonds. The van der Waals surface area contributed by atoms with Crippen molar-refractivity contribution >= 4 is 23.0 Å². The largest absolute Gasteiger partial charge is 0.290 e. The molecule has 0 saturated carbocycles. The van der Waals surface area contributed by atoms with Gasteiger partial charge in [-0.05, 0) is 18.6 Å². The summed E-state index contributed by atoms with van der Waals surface area (Å²) in [6, 6.07) is 12.0. The van der Waals surface area contributed by atoms with Crippen LogP contribution in [0.15, 0.2) is 54.9 Å². The Hall–Kier alpha value is -3.94. The number of rotatable bonds is 6. The molecule has 0 saturated heterocycles. The third kappa shape index (κ3) is 3.12. The highest BCUT2D eigenvalue weighted by Crippen LogP contribution is 2.26. The van der Waals surface area contributed by atoms with Crippen molar-refractivity contribution < 1.29 is 23.9 Å². The minimum atomic E-state index is -0.536. The second-order valence-electron chi connectivity index (χ2n) is 7.06. The molecule has 4 rings (SSSR count). The van der Waals surface area contributed by atoms with E-state index in [1.54, 1.807) is 35.2 Å². The zero-order valence-electron chi connectivity index (χ0n) is 16.2. The van der Waals surface area contributed by atoms with Crippen LogP contribution in [0.4, 0.5) is 5.69 Å². The van der Waals surface area contributed by atoms with Gasteiger partial charge in [0.1, 0.15) is 0 Å². The monoisotopic (exact) mass is 404 g/mol. The summed E-state index contributed by atoms with van der Waals surface area (Å²) in [6.07, 6.45) is 2.37. The highest BCUT2D eigenvalue weighted by atomic mass is 16.6. The average Bonchev–Trinajstić information content (AvgIpc) is 3.10. The van der Waals surface area contributed by atoms with Crippen molar-refractivity contribution in [3.8, 4) is 0 Å². The number of hydrogen-bond donors (Lipinski definition) is 0. The van der Waals surface area contributed by atoms with Crippen molar-refractivity contribution in [2.75, 3.05) is 0 Å². The van der Waals surface area contributed by atoms with Gasteiger partial charge in [-0.1, -0.05) is 31.2 Å². The molecule has 150 valence electrons. The van der Waals surface area contributed by atoms with E-state index in [-0.39, 0.29) is 41.0 Å². The summed E-state index contributed by atoms with van der Waals surface area (Å²) in [5.74, 6) is -0.854. The maximum Gasteiger partial charge on any atom is 0.269 e. The summed E-state index contributed by atoms with van der Waals surface area (Å²) in [6.45, 7) is 2.34. The van der Waals surface area contributed by atoms with Gasteiger partial charge < -0.3 is 0 Å². The lowest BCUT2D eigenvalue weighted by Crippen LogP contribution is -2.43. The van der Waals surface area contributed by atoms with Crippen molar-refractivity contribution in [2.24, 2.45) is 0 Å². The third-order valence-electron chi connectivity index (χ3n) is 5.10. The standard InChI is InChI=1S/C22H18N3O5/c1-2-11-23-13-24(12-18(26)14-7-9-15(10-8-14)25(29)30)20-19(23)21(27)16-5-3-4-6-17(16)22(20)28/h3-10,13H,2,11-12H2,1H3/q+1. The maximum atomic E-state index is 13.2. The molecular formula is C22H18N3O5+. The van der Waals surface area contributed by atoms with Crippen LogP contribution in [-0.2, 0) is 13.1 Å². The van der Waals surface area contributed by atoms with Crippen LogP contribution in [0.2, 0.25) is 0 Å². The van der Waals surface area contributed by atoms with Crippen LogP contribution >= 0.6 is 0 Å². The van der Waals surface area contributed by atoms with Gasteiger partial charge in [-0.25, -0.2) is 9.13 Å². The molecule has 3 aromatic rings. The van der Waals surface area contributed by atoms with Crippen molar-refractivity contribution in [3.63, 3.8) is 0 Å². The number of non-ortho nitro benzene ring substituents is 1. The predicted octanol–water partition coefficient (Wildman–Crippen LogP) is 2.75. The second-order valence-corrected chi connectivity index (χ2v) is 7.06. The molecule has 0 N–H and O–H groups in total. The lowest BCUT2D eigenvalue weighted by Gasteiger charge is -2.12. The molecule has 30 heavy (non-hydrogen) atoms. The molecular weight excluding hydrogens is 386 g/mol. The Morgan fingerprint density at radius 3 is 2.27 bits per heavy atom. The maximum absolute atomic E-state index is 13.2. The fraction of sp³-hybridized carbons (Fsp3) is 0.182. The first-order valence-electron chi connectivity index (χ1n) is 9.51. The molecule has 2 aromatic carbocycles. The van der Waals surface area contributed by atoms with E-state index in [1.165, 1.54) is 28.8 Å². The Morgan fingerprint density at radius 2 is 1.67 bits per heavy atom. The number of ketones is 3. The normalized spacial score (nSPS) is 12.4. The third-order valence-corrected chi connectivity index (χ3v) is 5.10. The van der Waals surface area contributed by atoms with Gasteiger partial charge in [-0.3, -0.25) is 24.5 Å². The zero-order valence-corrected chi connectivity index (χ0v) is 16.2. The highest BCUT2D eigenvalue weighted by Gasteiger charge is 2.41. The van der Waals surface area contributed by atoms with Gasteiger partial charge in [0.15, 0.2) is 6.54 Å². The van der Waals surface area contributed by atoms with E-state index >= 15 is 0 Å². The molecule has 0 aliphatic heterocycles. The van der Waals surface area contributed by atoms with Crippen LogP contribution in [0.25, 0.3) is 0 Å². The van der Waals surface area contributed by atoms with Crippen LogP contribution in [0.3, 0.4) is 0 Å². The van der Waals surface area contributed by atoms with Gasteiger partial charge in [0, 0.05) is 28.8 Å². The number of nitro benzene ring substituents is 1. The molecule has 1 aliphatic rings. The molecule has 0 radical (unpaired) electrons. The van der Waals surface area contributed by atoms with Gasteiger partial charge in [-0.2, -0.15) is 0 Å². The molecule has 8 nitrogen and oxygen atoms in total. The van der Waals surface area contributed by atoms with Crippen LogP contribution in [0.5, 0.6) is 0 Å². The van der Waals surface area contributed by atoms with Crippen LogP contribution in [-0.4, -0.2) is 26.8 Å². The van der Waals surface area contributed by atoms with E-state index in [9.17, 15) is 24.5 Å². The SMILES string of the molecule is CCCn1c[n+](CC(=O)c2ccc([N+](=O)[O-])cc2)c2c1C(=O)c1ccccc1C2=O. The number of carbonyl (C=O) groups excluding carboxylic acids is 3. The Morgan fingerprint density at radius 1 is 1.03 bits per heavy atom. The first kappa shape index (κ1) is 19.4. The Labute approximate surface area is 171 Å². The van der Waals surface area contributed by atoms with E-state index < -0.39 is 4.92 Å². The molecule has 1 heterocycles. The first-order chi connectivity index (χ1) is 14.4. The van der Waals surface area contributed by atoms with E-state index in [0.717, 1.165) is 6.42 Å². The number of carbonyl (C=O) groups is 3. The fourth-order valence-electron chi connectivity index (χ4n) is 3.71. The highest BCUT2D eigenvalue weighted by molar-refractivity contribution is 6.26. The van der Waals surface area contributed by atoms with E-state index in [2.05, 4.69) is 0 Å². The minimum Gasteiger partial charge on any atom is -0.290 e. The van der Waals surface area contributed by atoms with E-state index in [4.69, 9.17) is 0 Å². The van der Waals surface area contributed by atoms with Gasteiger partial charge >= 0.3 is 0 Å². The van der Waals surface area contributed by atoms with Crippen molar-refractivity contribution in [1.82, 2.24) is 4.57 Å². The van der Waals surface area contributed by atoms with Crippen molar-refractivity contribution in [2.45, 2.75) is 26.4 Å². The fourth-order valence-corrected chi connectivity index (χ4v) is 3.71. The summed E-state index contributed by atoms with van der Waals surface area (Å²) in [7, 11) is 0. The molecule has 0 bridgehead atoms. The second kappa shape index (κ2) is 7.47. The van der Waals surface area contributed by atoms with Crippen LogP contribution < -0.4 is 4.57 Å². The smallest absolute Gasteiger partial charge is 0.269 e. The van der Waals surface area contributed by atoms with Crippen molar-refractivity contribution in [1.29, 1.82) is 0 Å². The molecule has 0 atom stereocenters. The van der Waals surface area contributed by atoms with Crippen LogP contribution in [0.1, 0.15) is 55.8 Å². The Kier molecular flexibility index (Phi) is 4.83. The summed E-state index contributed by atoms with van der Waals surface area (Å²) in [5, 5.41) is 10.8.